The number of nitrogens with zero attached hydrogens (tertiary/aromatic N) is 1. The van der Waals surface area contributed by atoms with E-state index in [1.165, 1.54) is 32.4 Å². The number of rotatable bonds is 1. The first-order valence-corrected chi connectivity index (χ1v) is 7.78. The molecule has 0 radical (unpaired) electrons. The summed E-state index contributed by atoms with van der Waals surface area (Å²) in [4.78, 5) is 2.69. The first-order valence-electron chi connectivity index (χ1n) is 7.78. The highest BCUT2D eigenvalue weighted by Gasteiger charge is 2.40. The second-order valence-electron chi connectivity index (χ2n) is 8.02. The fourth-order valence-electron chi connectivity index (χ4n) is 3.82. The molecule has 0 aromatic rings. The van der Waals surface area contributed by atoms with Crippen LogP contribution in [0.15, 0.2) is 0 Å². The first kappa shape index (κ1) is 14.3. The van der Waals surface area contributed by atoms with Gasteiger partial charge in [0.25, 0.3) is 0 Å². The maximum absolute atomic E-state index is 6.41. The van der Waals surface area contributed by atoms with E-state index in [-0.39, 0.29) is 0 Å². The van der Waals surface area contributed by atoms with Crippen molar-refractivity contribution in [1.82, 2.24) is 4.90 Å². The van der Waals surface area contributed by atoms with Crippen molar-refractivity contribution < 1.29 is 0 Å². The quantitative estimate of drug-likeness (QED) is 0.777. The zero-order valence-corrected chi connectivity index (χ0v) is 12.9. The van der Waals surface area contributed by atoms with Crippen LogP contribution in [0.1, 0.15) is 53.9 Å². The maximum Gasteiger partial charge on any atom is 0.0250 e. The van der Waals surface area contributed by atoms with E-state index in [0.29, 0.717) is 17.5 Å². The molecule has 1 heterocycles. The molecule has 1 aliphatic heterocycles. The van der Waals surface area contributed by atoms with Gasteiger partial charge in [-0.25, -0.2) is 0 Å². The topological polar surface area (TPSA) is 29.3 Å². The number of nitrogens with two attached hydrogens (primary N) is 1. The Bertz CT molecular complexity index is 271. The number of hydrogen-bond donors (Lipinski definition) is 1. The van der Waals surface area contributed by atoms with Gasteiger partial charge in [0.1, 0.15) is 0 Å². The minimum Gasteiger partial charge on any atom is -0.326 e. The third-order valence-corrected chi connectivity index (χ3v) is 5.58. The molecule has 2 nitrogen and oxygen atoms in total. The van der Waals surface area contributed by atoms with Gasteiger partial charge in [-0.2, -0.15) is 0 Å². The van der Waals surface area contributed by atoms with Gasteiger partial charge in [-0.05, 0) is 42.4 Å². The van der Waals surface area contributed by atoms with E-state index in [2.05, 4.69) is 39.5 Å². The zero-order chi connectivity index (χ0) is 13.5. The fourth-order valence-corrected chi connectivity index (χ4v) is 3.82. The molecular formula is C16H32N2. The van der Waals surface area contributed by atoms with Gasteiger partial charge in [0.15, 0.2) is 0 Å². The van der Waals surface area contributed by atoms with Crippen LogP contribution in [0.25, 0.3) is 0 Å². The lowest BCUT2D eigenvalue weighted by Gasteiger charge is -2.44. The Morgan fingerprint density at radius 1 is 1.00 bits per heavy atom. The average molecular weight is 252 g/mol. The molecule has 5 atom stereocenters. The SMILES string of the molecule is CC1CN(C2CC(C(C)(C)C)CCC2N)CC1C. The third-order valence-electron chi connectivity index (χ3n) is 5.58. The molecule has 1 aliphatic carbocycles. The molecular weight excluding hydrogens is 220 g/mol. The van der Waals surface area contributed by atoms with Gasteiger partial charge in [-0.1, -0.05) is 34.6 Å². The summed E-state index contributed by atoms with van der Waals surface area (Å²) in [5.74, 6) is 2.52. The van der Waals surface area contributed by atoms with Gasteiger partial charge in [-0.15, -0.1) is 0 Å². The van der Waals surface area contributed by atoms with Gasteiger partial charge >= 0.3 is 0 Å². The van der Waals surface area contributed by atoms with E-state index in [9.17, 15) is 0 Å². The summed E-state index contributed by atoms with van der Waals surface area (Å²) in [6.07, 6.45) is 3.84. The Kier molecular flexibility index (Phi) is 4.08. The maximum atomic E-state index is 6.41. The lowest BCUT2D eigenvalue weighted by molar-refractivity contribution is 0.0803. The van der Waals surface area contributed by atoms with Gasteiger partial charge < -0.3 is 5.73 Å². The normalized spacial score (nSPS) is 43.3. The number of hydrogen-bond acceptors (Lipinski definition) is 2. The largest absolute Gasteiger partial charge is 0.326 e. The second kappa shape index (κ2) is 5.13. The number of likely N-dealkylation sites (tertiary alicyclic amines) is 1. The summed E-state index contributed by atoms with van der Waals surface area (Å²) >= 11 is 0. The van der Waals surface area contributed by atoms with Crippen LogP contribution in [0.5, 0.6) is 0 Å². The van der Waals surface area contributed by atoms with E-state index in [0.717, 1.165) is 17.8 Å². The van der Waals surface area contributed by atoms with Crippen LogP contribution in [-0.2, 0) is 0 Å². The molecule has 0 spiro atoms. The van der Waals surface area contributed by atoms with Gasteiger partial charge in [0.05, 0.1) is 0 Å². The van der Waals surface area contributed by atoms with Crippen molar-refractivity contribution in [3.8, 4) is 0 Å². The Hall–Kier alpha value is -0.0800. The van der Waals surface area contributed by atoms with Crippen LogP contribution >= 0.6 is 0 Å². The van der Waals surface area contributed by atoms with Crippen molar-refractivity contribution in [3.05, 3.63) is 0 Å². The Morgan fingerprint density at radius 2 is 1.56 bits per heavy atom. The van der Waals surface area contributed by atoms with Crippen LogP contribution < -0.4 is 5.73 Å². The van der Waals surface area contributed by atoms with Crippen LogP contribution in [0, 0.1) is 23.2 Å². The predicted octanol–water partition coefficient (Wildman–Crippen LogP) is 3.12. The molecule has 2 heteroatoms. The molecule has 2 rings (SSSR count). The van der Waals surface area contributed by atoms with Crippen LogP contribution in [0.3, 0.4) is 0 Å². The average Bonchev–Trinajstić information content (AvgIpc) is 2.58. The highest BCUT2D eigenvalue weighted by molar-refractivity contribution is 4.95. The summed E-state index contributed by atoms with van der Waals surface area (Å²) in [7, 11) is 0. The monoisotopic (exact) mass is 252 g/mol. The summed E-state index contributed by atoms with van der Waals surface area (Å²) < 4.78 is 0. The molecule has 0 bridgehead atoms. The molecule has 2 aliphatic rings. The van der Waals surface area contributed by atoms with Gasteiger partial charge in [0, 0.05) is 25.2 Å². The third kappa shape index (κ3) is 2.91. The Balaban J connectivity index is 2.02. The van der Waals surface area contributed by atoms with Crippen LogP contribution in [-0.4, -0.2) is 30.1 Å². The van der Waals surface area contributed by atoms with Crippen molar-refractivity contribution >= 4 is 0 Å². The molecule has 106 valence electrons. The van der Waals surface area contributed by atoms with Gasteiger partial charge in [0.2, 0.25) is 0 Å². The molecule has 0 amide bonds. The highest BCUT2D eigenvalue weighted by atomic mass is 15.2. The Labute approximate surface area is 113 Å². The lowest BCUT2D eigenvalue weighted by atomic mass is 9.69. The zero-order valence-electron chi connectivity index (χ0n) is 12.9. The smallest absolute Gasteiger partial charge is 0.0250 e. The van der Waals surface area contributed by atoms with Crippen molar-refractivity contribution in [2.24, 2.45) is 28.9 Å². The molecule has 0 aromatic carbocycles. The lowest BCUT2D eigenvalue weighted by Crippen LogP contribution is -2.52. The van der Waals surface area contributed by atoms with Gasteiger partial charge in [-0.3, -0.25) is 4.90 Å². The standard InChI is InChI=1S/C16H32N2/c1-11-9-18(10-12(11)2)15-8-13(16(3,4)5)6-7-14(15)17/h11-15H,6-10,17H2,1-5H3. The molecule has 5 unspecified atom stereocenters. The van der Waals surface area contributed by atoms with Crippen molar-refractivity contribution in [2.75, 3.05) is 13.1 Å². The molecule has 1 saturated heterocycles. The summed E-state index contributed by atoms with van der Waals surface area (Å²) in [5, 5.41) is 0. The molecule has 0 aromatic heterocycles. The minimum atomic E-state index is 0.404. The molecule has 18 heavy (non-hydrogen) atoms. The fraction of sp³-hybridized carbons (Fsp3) is 1.00. The van der Waals surface area contributed by atoms with Crippen molar-refractivity contribution in [1.29, 1.82) is 0 Å². The van der Waals surface area contributed by atoms with Crippen LogP contribution in [0.2, 0.25) is 0 Å². The molecule has 2 N–H and O–H groups in total. The van der Waals surface area contributed by atoms with E-state index in [1.807, 2.05) is 0 Å². The van der Waals surface area contributed by atoms with E-state index >= 15 is 0 Å². The molecule has 2 fully saturated rings. The predicted molar refractivity (Wildman–Crippen MR) is 78.5 cm³/mol. The van der Waals surface area contributed by atoms with E-state index < -0.39 is 0 Å². The summed E-state index contributed by atoms with van der Waals surface area (Å²) in [5.41, 5.74) is 6.85. The minimum absolute atomic E-state index is 0.404. The van der Waals surface area contributed by atoms with Crippen LogP contribution in [0.4, 0.5) is 0 Å². The summed E-state index contributed by atoms with van der Waals surface area (Å²) in [6, 6.07) is 1.04. The van der Waals surface area contributed by atoms with Crippen molar-refractivity contribution in [2.45, 2.75) is 66.0 Å². The van der Waals surface area contributed by atoms with Crippen molar-refractivity contribution in [3.63, 3.8) is 0 Å². The molecule has 1 saturated carbocycles. The second-order valence-corrected chi connectivity index (χ2v) is 8.02. The highest BCUT2D eigenvalue weighted by Crippen LogP contribution is 2.40. The first-order chi connectivity index (χ1) is 8.29. The van der Waals surface area contributed by atoms with E-state index in [4.69, 9.17) is 5.73 Å². The van der Waals surface area contributed by atoms with E-state index in [1.54, 1.807) is 0 Å². The Morgan fingerprint density at radius 3 is 2.06 bits per heavy atom. The summed E-state index contributed by atoms with van der Waals surface area (Å²) in [6.45, 7) is 14.5.